The molecular weight excluding hydrogens is 296 g/mol. The third-order valence-electron chi connectivity index (χ3n) is 2.32. The number of carbonyl (C=O) groups excluding carboxylic acids is 1. The third kappa shape index (κ3) is 2.37. The summed E-state index contributed by atoms with van der Waals surface area (Å²) in [4.78, 5) is 16.3. The average molecular weight is 304 g/mol. The van der Waals surface area contributed by atoms with Crippen LogP contribution in [-0.4, -0.2) is 11.1 Å². The Morgan fingerprint density at radius 3 is 2.65 bits per heavy atom. The van der Waals surface area contributed by atoms with Crippen molar-refractivity contribution in [1.29, 1.82) is 0 Å². The number of rotatable bonds is 3. The number of benzene rings is 1. The number of allylic oxidation sites excluding steroid dienone is 1. The molecule has 3 nitrogen and oxygen atoms in total. The molecule has 0 saturated carbocycles. The van der Waals surface area contributed by atoms with Crippen LogP contribution in [0.3, 0.4) is 0 Å². The molecule has 2 rings (SSSR count). The molecule has 0 aliphatic carbocycles. The molecule has 0 aromatic heterocycles. The van der Waals surface area contributed by atoms with Gasteiger partial charge >= 0.3 is 0 Å². The molecule has 1 aliphatic rings. The fourth-order valence-corrected chi connectivity index (χ4v) is 1.80. The summed E-state index contributed by atoms with van der Waals surface area (Å²) in [6, 6.07) is 3.55. The number of alkyl halides is 1. The maximum absolute atomic E-state index is 13.4. The normalized spacial score (nSPS) is 18.8. The van der Waals surface area contributed by atoms with Gasteiger partial charge in [-0.05, 0) is 18.2 Å². The first-order valence-electron chi connectivity index (χ1n) is 4.80. The molecular formula is C11H8BrF2NO2. The second-order valence-electron chi connectivity index (χ2n) is 3.41. The Kier molecular flexibility index (Phi) is 3.54. The van der Waals surface area contributed by atoms with Gasteiger partial charge in [0.25, 0.3) is 0 Å². The van der Waals surface area contributed by atoms with E-state index >= 15 is 0 Å². The highest BCUT2D eigenvalue weighted by Gasteiger charge is 2.26. The minimum Gasteiger partial charge on any atom is -0.292 e. The van der Waals surface area contributed by atoms with Crippen molar-refractivity contribution in [1.82, 2.24) is 5.48 Å². The average Bonchev–Trinajstić information content (AvgIpc) is 2.77. The van der Waals surface area contributed by atoms with Gasteiger partial charge in [0.2, 0.25) is 0 Å². The molecule has 1 atom stereocenters. The van der Waals surface area contributed by atoms with E-state index in [1.54, 1.807) is 0 Å². The van der Waals surface area contributed by atoms with E-state index in [1.807, 2.05) is 0 Å². The number of nitrogens with one attached hydrogen (secondary N) is 1. The molecule has 0 spiro atoms. The number of ketones is 1. The lowest BCUT2D eigenvalue weighted by atomic mass is 10.1. The number of Topliss-reactive ketones (excluding diaryl/α,β-unsaturated/α-hetero) is 1. The molecule has 1 aromatic carbocycles. The van der Waals surface area contributed by atoms with E-state index in [0.717, 1.165) is 12.1 Å². The third-order valence-corrected chi connectivity index (χ3v) is 2.83. The topological polar surface area (TPSA) is 38.3 Å². The van der Waals surface area contributed by atoms with Crippen LogP contribution in [0.5, 0.6) is 0 Å². The van der Waals surface area contributed by atoms with Crippen molar-refractivity contribution in [2.75, 3.05) is 5.33 Å². The molecule has 90 valence electrons. The molecule has 0 amide bonds. The van der Waals surface area contributed by atoms with Crippen molar-refractivity contribution >= 4 is 21.7 Å². The molecule has 1 heterocycles. The molecule has 1 N–H and O–H groups in total. The maximum atomic E-state index is 13.4. The van der Waals surface area contributed by atoms with Crippen LogP contribution in [0, 0.1) is 11.6 Å². The van der Waals surface area contributed by atoms with Gasteiger partial charge in [0.05, 0.1) is 10.9 Å². The fraction of sp³-hybridized carbons (Fsp3) is 0.182. The van der Waals surface area contributed by atoms with Gasteiger partial charge in [0.1, 0.15) is 23.4 Å². The fourth-order valence-electron chi connectivity index (χ4n) is 1.49. The highest BCUT2D eigenvalue weighted by Crippen LogP contribution is 2.28. The number of hydroxylamine groups is 1. The van der Waals surface area contributed by atoms with E-state index in [9.17, 15) is 13.6 Å². The summed E-state index contributed by atoms with van der Waals surface area (Å²) in [5, 5.41) is 0.113. The SMILES string of the molecule is O=C(CBr)C1=CC(c2c(F)cccc2F)ON1. The summed E-state index contributed by atoms with van der Waals surface area (Å²) in [6.07, 6.45) is 0.416. The second kappa shape index (κ2) is 4.93. The molecule has 0 fully saturated rings. The second-order valence-corrected chi connectivity index (χ2v) is 3.97. The molecule has 1 aliphatic heterocycles. The van der Waals surface area contributed by atoms with E-state index in [-0.39, 0.29) is 22.4 Å². The van der Waals surface area contributed by atoms with Crippen LogP contribution in [0.15, 0.2) is 30.0 Å². The quantitative estimate of drug-likeness (QED) is 0.872. The van der Waals surface area contributed by atoms with E-state index in [4.69, 9.17) is 4.84 Å². The Labute approximate surface area is 105 Å². The number of halogens is 3. The summed E-state index contributed by atoms with van der Waals surface area (Å²) in [6.45, 7) is 0. The van der Waals surface area contributed by atoms with Gasteiger partial charge in [-0.3, -0.25) is 15.1 Å². The van der Waals surface area contributed by atoms with Crippen LogP contribution in [0.25, 0.3) is 0 Å². The van der Waals surface area contributed by atoms with E-state index in [2.05, 4.69) is 21.4 Å². The van der Waals surface area contributed by atoms with Crippen molar-refractivity contribution in [3.63, 3.8) is 0 Å². The first-order chi connectivity index (χ1) is 8.13. The zero-order valence-corrected chi connectivity index (χ0v) is 10.1. The minimum atomic E-state index is -0.936. The van der Waals surface area contributed by atoms with Crippen LogP contribution in [0.4, 0.5) is 8.78 Å². The predicted molar refractivity (Wildman–Crippen MR) is 60.2 cm³/mol. The predicted octanol–water partition coefficient (Wildman–Crippen LogP) is 2.39. The largest absolute Gasteiger partial charge is 0.292 e. The van der Waals surface area contributed by atoms with E-state index in [1.165, 1.54) is 12.1 Å². The molecule has 1 aromatic rings. The minimum absolute atomic E-state index is 0.113. The van der Waals surface area contributed by atoms with Crippen molar-refractivity contribution < 1.29 is 18.4 Å². The zero-order valence-electron chi connectivity index (χ0n) is 8.54. The van der Waals surface area contributed by atoms with Gasteiger partial charge in [-0.25, -0.2) is 8.78 Å². The molecule has 0 bridgehead atoms. The molecule has 0 saturated heterocycles. The smallest absolute Gasteiger partial charge is 0.191 e. The van der Waals surface area contributed by atoms with Gasteiger partial charge in [-0.1, -0.05) is 22.0 Å². The molecule has 1 unspecified atom stereocenters. The lowest BCUT2D eigenvalue weighted by molar-refractivity contribution is -0.114. The number of carbonyl (C=O) groups is 1. The van der Waals surface area contributed by atoms with Gasteiger partial charge < -0.3 is 0 Å². The van der Waals surface area contributed by atoms with Crippen molar-refractivity contribution in [2.45, 2.75) is 6.10 Å². The Hall–Kier alpha value is -1.27. The monoisotopic (exact) mass is 303 g/mol. The first-order valence-corrected chi connectivity index (χ1v) is 5.92. The van der Waals surface area contributed by atoms with Crippen LogP contribution in [0.1, 0.15) is 11.7 Å². The lowest BCUT2D eigenvalue weighted by Crippen LogP contribution is -2.16. The highest BCUT2D eigenvalue weighted by atomic mass is 79.9. The Balaban J connectivity index is 2.31. The summed E-state index contributed by atoms with van der Waals surface area (Å²) in [7, 11) is 0. The van der Waals surface area contributed by atoms with Crippen molar-refractivity contribution in [3.05, 3.63) is 47.2 Å². The number of hydrogen-bond acceptors (Lipinski definition) is 3. The summed E-state index contributed by atoms with van der Waals surface area (Å²) < 4.78 is 26.9. The van der Waals surface area contributed by atoms with Gasteiger partial charge in [0.15, 0.2) is 5.78 Å². The Morgan fingerprint density at radius 1 is 1.41 bits per heavy atom. The lowest BCUT2D eigenvalue weighted by Gasteiger charge is -2.09. The molecule has 0 radical (unpaired) electrons. The zero-order chi connectivity index (χ0) is 12.4. The van der Waals surface area contributed by atoms with Gasteiger partial charge in [-0.2, -0.15) is 0 Å². The van der Waals surface area contributed by atoms with Gasteiger partial charge in [-0.15, -0.1) is 0 Å². The standard InChI is InChI=1S/C11H8BrF2NO2/c12-5-9(16)8-4-10(17-15-8)11-6(13)2-1-3-7(11)14/h1-4,10,15H,5H2. The van der Waals surface area contributed by atoms with Crippen molar-refractivity contribution in [2.24, 2.45) is 0 Å². The van der Waals surface area contributed by atoms with Crippen LogP contribution < -0.4 is 5.48 Å². The maximum Gasteiger partial charge on any atom is 0.191 e. The summed E-state index contributed by atoms with van der Waals surface area (Å²) in [5.74, 6) is -1.66. The van der Waals surface area contributed by atoms with Gasteiger partial charge in [0, 0.05) is 0 Å². The first kappa shape index (κ1) is 12.2. The summed E-state index contributed by atoms with van der Waals surface area (Å²) in [5.41, 5.74) is 2.34. The van der Waals surface area contributed by atoms with Crippen LogP contribution in [-0.2, 0) is 9.63 Å². The molecule has 6 heteroatoms. The van der Waals surface area contributed by atoms with Crippen LogP contribution >= 0.6 is 15.9 Å². The molecule has 17 heavy (non-hydrogen) atoms. The summed E-state index contributed by atoms with van der Waals surface area (Å²) >= 11 is 3.00. The van der Waals surface area contributed by atoms with Crippen LogP contribution in [0.2, 0.25) is 0 Å². The Morgan fingerprint density at radius 2 is 2.06 bits per heavy atom. The highest BCUT2D eigenvalue weighted by molar-refractivity contribution is 9.09. The Bertz CT molecular complexity index is 470. The van der Waals surface area contributed by atoms with Crippen molar-refractivity contribution in [3.8, 4) is 0 Å². The number of hydrogen-bond donors (Lipinski definition) is 1. The van der Waals surface area contributed by atoms with E-state index in [0.29, 0.717) is 0 Å². The van der Waals surface area contributed by atoms with E-state index < -0.39 is 17.7 Å².